The molecular formula is C22H20Cl2N6O4. The number of nitrogens with zero attached hydrogens (tertiary/aromatic N) is 4. The Hall–Kier alpha value is -3.50. The molecule has 0 atom stereocenters. The summed E-state index contributed by atoms with van der Waals surface area (Å²) in [5.41, 5.74) is 2.14. The third kappa shape index (κ3) is 3.99. The first-order valence-corrected chi connectivity index (χ1v) is 11.1. The molecule has 2 N–H and O–H groups in total. The van der Waals surface area contributed by atoms with Crippen LogP contribution in [0.5, 0.6) is 11.5 Å². The second-order valence-electron chi connectivity index (χ2n) is 8.56. The zero-order valence-corrected chi connectivity index (χ0v) is 20.0. The maximum absolute atomic E-state index is 12.2. The van der Waals surface area contributed by atoms with Crippen LogP contribution in [-0.4, -0.2) is 39.7 Å². The number of imidazole rings is 1. The fourth-order valence-corrected chi connectivity index (χ4v) is 4.27. The van der Waals surface area contributed by atoms with E-state index in [1.807, 2.05) is 31.1 Å². The molecule has 0 aliphatic heterocycles. The molecule has 0 unspecified atom stereocenters. The molecule has 0 saturated heterocycles. The van der Waals surface area contributed by atoms with E-state index < -0.39 is 11.7 Å². The van der Waals surface area contributed by atoms with Gasteiger partial charge in [-0.05, 0) is 49.2 Å². The summed E-state index contributed by atoms with van der Waals surface area (Å²) in [5, 5.41) is 6.26. The fourth-order valence-electron chi connectivity index (χ4n) is 3.71. The van der Waals surface area contributed by atoms with Crippen LogP contribution >= 0.6 is 23.2 Å². The van der Waals surface area contributed by atoms with Crippen LogP contribution in [0, 0.1) is 0 Å². The zero-order valence-electron chi connectivity index (χ0n) is 18.5. The molecule has 5 rings (SSSR count). The number of nitrogens with one attached hydrogen (secondary N) is 2. The van der Waals surface area contributed by atoms with Crippen molar-refractivity contribution >= 4 is 51.8 Å². The molecule has 1 aliphatic rings. The quantitative estimate of drug-likeness (QED) is 0.394. The maximum Gasteiger partial charge on any atom is 0.439 e. The minimum absolute atomic E-state index is 0.0241. The van der Waals surface area contributed by atoms with Crippen molar-refractivity contribution in [3.8, 4) is 11.5 Å². The molecule has 0 spiro atoms. The van der Waals surface area contributed by atoms with Crippen molar-refractivity contribution in [3.63, 3.8) is 0 Å². The highest BCUT2D eigenvalue weighted by Gasteiger charge is 2.42. The number of carbonyl (C=O) groups is 1. The number of aromatic amines is 1. The Bertz CT molecular complexity index is 1460. The molecule has 0 radical (unpaired) electrons. The van der Waals surface area contributed by atoms with Crippen molar-refractivity contribution in [1.29, 1.82) is 0 Å². The van der Waals surface area contributed by atoms with E-state index in [-0.39, 0.29) is 27.2 Å². The number of fused-ring (bicyclic) bond motifs is 1. The van der Waals surface area contributed by atoms with Crippen molar-refractivity contribution in [1.82, 2.24) is 19.7 Å². The van der Waals surface area contributed by atoms with Crippen LogP contribution < -0.4 is 20.7 Å². The molecule has 2 aromatic heterocycles. The highest BCUT2D eigenvalue weighted by atomic mass is 35.5. The number of amides is 1. The summed E-state index contributed by atoms with van der Waals surface area (Å²) in [5.74, 6) is -0.121. The van der Waals surface area contributed by atoms with E-state index in [1.165, 1.54) is 12.1 Å². The molecule has 1 aliphatic carbocycles. The van der Waals surface area contributed by atoms with Crippen LogP contribution in [-0.2, 0) is 5.54 Å². The lowest BCUT2D eigenvalue weighted by molar-refractivity contribution is 0.101. The molecule has 176 valence electrons. The number of hydrogen-bond acceptors (Lipinski definition) is 7. The number of aromatic nitrogens is 4. The summed E-state index contributed by atoms with van der Waals surface area (Å²) in [7, 11) is 3.95. The van der Waals surface area contributed by atoms with E-state index in [4.69, 9.17) is 32.9 Å². The minimum Gasteiger partial charge on any atom is -0.454 e. The number of anilines is 2. The van der Waals surface area contributed by atoms with Gasteiger partial charge in [-0.3, -0.25) is 14.3 Å². The minimum atomic E-state index is -0.836. The first-order valence-electron chi connectivity index (χ1n) is 10.4. The Morgan fingerprint density at radius 2 is 1.94 bits per heavy atom. The molecule has 1 saturated carbocycles. The van der Waals surface area contributed by atoms with Gasteiger partial charge in [0.15, 0.2) is 5.75 Å². The van der Waals surface area contributed by atoms with Crippen molar-refractivity contribution in [3.05, 3.63) is 56.8 Å². The van der Waals surface area contributed by atoms with E-state index in [0.717, 1.165) is 29.8 Å². The number of carbonyl (C=O) groups excluding carboxylic acids is 1. The number of H-pyrrole nitrogens is 1. The summed E-state index contributed by atoms with van der Waals surface area (Å²) in [4.78, 5) is 32.2. The number of halogens is 2. The second kappa shape index (κ2) is 8.07. The van der Waals surface area contributed by atoms with Gasteiger partial charge < -0.3 is 19.5 Å². The SMILES string of the molecule is CN(C)c1nc2ccc(Oc3c(Cl)cc(NC(=O)c4noc(=O)[nH]4)cc3Cl)cc2n1C1(C)CC1. The molecule has 0 bridgehead atoms. The molecule has 4 aromatic rings. The average Bonchev–Trinajstić information content (AvgIpc) is 3.19. The van der Waals surface area contributed by atoms with E-state index >= 15 is 0 Å². The normalized spacial score (nSPS) is 14.3. The van der Waals surface area contributed by atoms with Crippen LogP contribution in [0.4, 0.5) is 11.6 Å². The predicted octanol–water partition coefficient (Wildman–Crippen LogP) is 4.64. The summed E-state index contributed by atoms with van der Waals surface area (Å²) in [6, 6.07) is 8.59. The maximum atomic E-state index is 12.2. The van der Waals surface area contributed by atoms with E-state index in [0.29, 0.717) is 11.4 Å². The van der Waals surface area contributed by atoms with Gasteiger partial charge in [0, 0.05) is 31.4 Å². The zero-order chi connectivity index (χ0) is 24.2. The van der Waals surface area contributed by atoms with Gasteiger partial charge in [-0.25, -0.2) is 9.78 Å². The Kier molecular flexibility index (Phi) is 5.29. The van der Waals surface area contributed by atoms with Crippen LogP contribution in [0.15, 0.2) is 39.6 Å². The predicted molar refractivity (Wildman–Crippen MR) is 129 cm³/mol. The van der Waals surface area contributed by atoms with Gasteiger partial charge in [-0.15, -0.1) is 0 Å². The van der Waals surface area contributed by atoms with Crippen LogP contribution in [0.25, 0.3) is 11.0 Å². The van der Waals surface area contributed by atoms with Crippen LogP contribution in [0.2, 0.25) is 10.0 Å². The molecule has 2 aromatic carbocycles. The molecular weight excluding hydrogens is 483 g/mol. The summed E-state index contributed by atoms with van der Waals surface area (Å²) in [6.07, 6.45) is 2.16. The van der Waals surface area contributed by atoms with Gasteiger partial charge in [-0.1, -0.05) is 23.2 Å². The highest BCUT2D eigenvalue weighted by Crippen LogP contribution is 2.48. The third-order valence-corrected chi connectivity index (χ3v) is 6.21. The molecule has 10 nitrogen and oxygen atoms in total. The fraction of sp³-hybridized carbons (Fsp3) is 0.273. The van der Waals surface area contributed by atoms with Crippen LogP contribution in [0.3, 0.4) is 0 Å². The number of rotatable bonds is 6. The first kappa shape index (κ1) is 22.3. The monoisotopic (exact) mass is 502 g/mol. The van der Waals surface area contributed by atoms with E-state index in [1.54, 1.807) is 6.07 Å². The number of ether oxygens (including phenoxy) is 1. The van der Waals surface area contributed by atoms with Crippen molar-refractivity contribution < 1.29 is 14.1 Å². The Balaban J connectivity index is 1.44. The van der Waals surface area contributed by atoms with Crippen molar-refractivity contribution in [2.75, 3.05) is 24.3 Å². The lowest BCUT2D eigenvalue weighted by Gasteiger charge is -2.20. The second-order valence-corrected chi connectivity index (χ2v) is 9.37. The Labute approximate surface area is 203 Å². The summed E-state index contributed by atoms with van der Waals surface area (Å²) < 4.78 is 12.6. The van der Waals surface area contributed by atoms with Gasteiger partial charge >= 0.3 is 5.76 Å². The largest absolute Gasteiger partial charge is 0.454 e. The smallest absolute Gasteiger partial charge is 0.439 e. The third-order valence-electron chi connectivity index (χ3n) is 5.65. The number of hydrogen-bond donors (Lipinski definition) is 2. The van der Waals surface area contributed by atoms with E-state index in [9.17, 15) is 9.59 Å². The topological polar surface area (TPSA) is 118 Å². The summed E-state index contributed by atoms with van der Waals surface area (Å²) >= 11 is 12.8. The standard InChI is InChI=1S/C22H20Cl2N6O4/c1-22(6-7-22)30-16-10-12(4-5-15(16)26-20(30)29(2)3)33-17-13(23)8-11(9-14(17)24)25-19(31)18-27-21(32)34-28-18/h4-5,8-10H,6-7H2,1-3H3,(H,25,31)(H,27,28,32). The molecule has 12 heteroatoms. The van der Waals surface area contributed by atoms with Gasteiger partial charge in [0.25, 0.3) is 5.91 Å². The Morgan fingerprint density at radius 1 is 1.24 bits per heavy atom. The van der Waals surface area contributed by atoms with E-state index in [2.05, 4.69) is 31.5 Å². The molecule has 2 heterocycles. The molecule has 1 amide bonds. The first-order chi connectivity index (χ1) is 16.1. The Morgan fingerprint density at radius 3 is 2.53 bits per heavy atom. The van der Waals surface area contributed by atoms with Crippen LogP contribution in [0.1, 0.15) is 30.4 Å². The van der Waals surface area contributed by atoms with Gasteiger partial charge in [-0.2, -0.15) is 0 Å². The van der Waals surface area contributed by atoms with Gasteiger partial charge in [0.2, 0.25) is 11.8 Å². The molecule has 1 fully saturated rings. The number of benzene rings is 2. The lowest BCUT2D eigenvalue weighted by Crippen LogP contribution is -2.21. The average molecular weight is 503 g/mol. The highest BCUT2D eigenvalue weighted by molar-refractivity contribution is 6.37. The van der Waals surface area contributed by atoms with Crippen molar-refractivity contribution in [2.24, 2.45) is 0 Å². The lowest BCUT2D eigenvalue weighted by atomic mass is 10.2. The molecule has 34 heavy (non-hydrogen) atoms. The van der Waals surface area contributed by atoms with Crippen molar-refractivity contribution in [2.45, 2.75) is 25.3 Å². The van der Waals surface area contributed by atoms with Gasteiger partial charge in [0.1, 0.15) is 5.75 Å². The van der Waals surface area contributed by atoms with Gasteiger partial charge in [0.05, 0.1) is 21.1 Å². The summed E-state index contributed by atoms with van der Waals surface area (Å²) in [6.45, 7) is 2.21.